The van der Waals surface area contributed by atoms with E-state index < -0.39 is 10.1 Å². The molecule has 0 spiro atoms. The van der Waals surface area contributed by atoms with Gasteiger partial charge in [0.1, 0.15) is 0 Å². The maximum absolute atomic E-state index is 10.8. The van der Waals surface area contributed by atoms with Crippen molar-refractivity contribution in [2.75, 3.05) is 5.75 Å². The van der Waals surface area contributed by atoms with E-state index in [1.807, 2.05) is 0 Å². The van der Waals surface area contributed by atoms with Crippen molar-refractivity contribution in [3.63, 3.8) is 0 Å². The number of nitrogens with zero attached hydrogens (tertiary/aromatic N) is 1. The van der Waals surface area contributed by atoms with Gasteiger partial charge in [-0.1, -0.05) is 0 Å². The van der Waals surface area contributed by atoms with Gasteiger partial charge in [0.2, 0.25) is 0 Å². The molecule has 74 valence electrons. The Kier molecular flexibility index (Phi) is 2.34. The van der Waals surface area contributed by atoms with Crippen LogP contribution in [0.2, 0.25) is 0 Å². The Bertz CT molecular complexity index is 493. The van der Waals surface area contributed by atoms with E-state index >= 15 is 0 Å². The normalized spacial score (nSPS) is 15.2. The molecule has 0 unspecified atom stereocenters. The van der Waals surface area contributed by atoms with Crippen LogP contribution in [-0.4, -0.2) is 24.9 Å². The lowest BCUT2D eigenvalue weighted by molar-refractivity contribution is 0.483. The minimum absolute atomic E-state index is 0.0825. The molecular formula is C8H7NO3S2. The molecule has 0 aromatic heterocycles. The molecule has 1 heterocycles. The Morgan fingerprint density at radius 1 is 1.43 bits per heavy atom. The fourth-order valence-electron chi connectivity index (χ4n) is 1.14. The molecule has 14 heavy (non-hydrogen) atoms. The van der Waals surface area contributed by atoms with Crippen molar-refractivity contribution in [2.45, 2.75) is 9.79 Å². The Balaban J connectivity index is 2.55. The number of hydrogen-bond acceptors (Lipinski definition) is 4. The van der Waals surface area contributed by atoms with E-state index in [1.54, 1.807) is 12.3 Å². The summed E-state index contributed by atoms with van der Waals surface area (Å²) in [6.07, 6.45) is 1.76. The lowest BCUT2D eigenvalue weighted by Gasteiger charge is -2.09. The maximum Gasteiger partial charge on any atom is 0.294 e. The van der Waals surface area contributed by atoms with Crippen LogP contribution in [0, 0.1) is 0 Å². The second-order valence-electron chi connectivity index (χ2n) is 2.73. The van der Waals surface area contributed by atoms with Crippen molar-refractivity contribution in [2.24, 2.45) is 4.99 Å². The number of rotatable bonds is 1. The summed E-state index contributed by atoms with van der Waals surface area (Å²) in [7, 11) is -4.10. The maximum atomic E-state index is 10.8. The summed E-state index contributed by atoms with van der Waals surface area (Å²) in [6.45, 7) is 0. The third-order valence-electron chi connectivity index (χ3n) is 1.77. The van der Waals surface area contributed by atoms with E-state index in [2.05, 4.69) is 4.99 Å². The fraction of sp³-hybridized carbons (Fsp3) is 0.125. The highest BCUT2D eigenvalue weighted by atomic mass is 32.2. The van der Waals surface area contributed by atoms with Crippen molar-refractivity contribution in [1.29, 1.82) is 0 Å². The molecule has 1 aliphatic heterocycles. The second kappa shape index (κ2) is 3.38. The monoisotopic (exact) mass is 229 g/mol. The van der Waals surface area contributed by atoms with E-state index in [9.17, 15) is 8.42 Å². The molecule has 0 atom stereocenters. The van der Waals surface area contributed by atoms with Gasteiger partial charge in [0.25, 0.3) is 10.1 Å². The van der Waals surface area contributed by atoms with Crippen molar-refractivity contribution in [1.82, 2.24) is 0 Å². The summed E-state index contributed by atoms with van der Waals surface area (Å²) in [4.78, 5) is 4.79. The smallest absolute Gasteiger partial charge is 0.282 e. The van der Waals surface area contributed by atoms with Gasteiger partial charge in [0.15, 0.2) is 0 Å². The molecule has 0 amide bonds. The molecule has 1 aliphatic rings. The molecule has 4 nitrogen and oxygen atoms in total. The van der Waals surface area contributed by atoms with Gasteiger partial charge in [0, 0.05) is 16.9 Å². The van der Waals surface area contributed by atoms with Crippen molar-refractivity contribution < 1.29 is 13.0 Å². The SMILES string of the molecule is O=S(=O)(O)c1ccc2c(c1)SCC=N2. The topological polar surface area (TPSA) is 66.7 Å². The predicted octanol–water partition coefficient (Wildman–Crippen LogP) is 1.74. The van der Waals surface area contributed by atoms with Crippen LogP contribution in [0.4, 0.5) is 5.69 Å². The zero-order chi connectivity index (χ0) is 10.2. The molecular weight excluding hydrogens is 222 g/mol. The Morgan fingerprint density at radius 2 is 2.21 bits per heavy atom. The molecule has 0 aliphatic carbocycles. The Hall–Kier alpha value is -0.850. The van der Waals surface area contributed by atoms with Crippen molar-refractivity contribution in [3.05, 3.63) is 18.2 Å². The van der Waals surface area contributed by atoms with Crippen LogP contribution in [0.25, 0.3) is 0 Å². The van der Waals surface area contributed by atoms with Crippen LogP contribution in [0.3, 0.4) is 0 Å². The van der Waals surface area contributed by atoms with Gasteiger partial charge in [-0.25, -0.2) is 0 Å². The first kappa shape index (κ1) is 9.70. The Labute approximate surface area is 85.8 Å². The van der Waals surface area contributed by atoms with Crippen LogP contribution >= 0.6 is 11.8 Å². The van der Waals surface area contributed by atoms with Crippen molar-refractivity contribution >= 4 is 33.8 Å². The molecule has 1 aromatic carbocycles. The lowest BCUT2D eigenvalue weighted by Crippen LogP contribution is -1.99. The highest BCUT2D eigenvalue weighted by molar-refractivity contribution is 8.00. The first-order valence-electron chi connectivity index (χ1n) is 3.84. The summed E-state index contributed by atoms with van der Waals surface area (Å²) >= 11 is 1.49. The van der Waals surface area contributed by atoms with E-state index in [4.69, 9.17) is 4.55 Å². The number of thioether (sulfide) groups is 1. The van der Waals surface area contributed by atoms with E-state index in [1.165, 1.54) is 23.9 Å². The van der Waals surface area contributed by atoms with Crippen LogP contribution < -0.4 is 0 Å². The van der Waals surface area contributed by atoms with Gasteiger partial charge < -0.3 is 0 Å². The molecule has 2 rings (SSSR count). The molecule has 0 radical (unpaired) electrons. The number of hydrogen-bond donors (Lipinski definition) is 1. The summed E-state index contributed by atoms with van der Waals surface area (Å²) in [5.74, 6) is 0.724. The first-order valence-corrected chi connectivity index (χ1v) is 6.27. The first-order chi connectivity index (χ1) is 6.57. The molecule has 1 N–H and O–H groups in total. The van der Waals surface area contributed by atoms with Crippen LogP contribution in [0.15, 0.2) is 33.0 Å². The van der Waals surface area contributed by atoms with Gasteiger partial charge in [0.05, 0.1) is 10.6 Å². The van der Waals surface area contributed by atoms with E-state index in [0.717, 1.165) is 16.3 Å². The molecule has 1 aromatic rings. The minimum atomic E-state index is -4.10. The second-order valence-corrected chi connectivity index (χ2v) is 5.21. The van der Waals surface area contributed by atoms with Crippen LogP contribution in [-0.2, 0) is 10.1 Å². The van der Waals surface area contributed by atoms with Gasteiger partial charge in [-0.15, -0.1) is 11.8 Å². The summed E-state index contributed by atoms with van der Waals surface area (Å²) in [6, 6.07) is 4.37. The highest BCUT2D eigenvalue weighted by Crippen LogP contribution is 2.33. The fourth-order valence-corrected chi connectivity index (χ4v) is 2.53. The molecule has 0 bridgehead atoms. The third kappa shape index (κ3) is 1.82. The number of benzene rings is 1. The van der Waals surface area contributed by atoms with Gasteiger partial charge in [-0.05, 0) is 18.2 Å². The molecule has 0 saturated heterocycles. The minimum Gasteiger partial charge on any atom is -0.282 e. The summed E-state index contributed by atoms with van der Waals surface area (Å²) < 4.78 is 30.5. The highest BCUT2D eigenvalue weighted by Gasteiger charge is 2.13. The van der Waals surface area contributed by atoms with E-state index in [-0.39, 0.29) is 4.90 Å². The zero-order valence-corrected chi connectivity index (χ0v) is 8.68. The zero-order valence-electron chi connectivity index (χ0n) is 7.04. The summed E-state index contributed by atoms with van der Waals surface area (Å²) in [5, 5.41) is 0. The largest absolute Gasteiger partial charge is 0.294 e. The van der Waals surface area contributed by atoms with Gasteiger partial charge >= 0.3 is 0 Å². The van der Waals surface area contributed by atoms with Crippen molar-refractivity contribution in [3.8, 4) is 0 Å². The van der Waals surface area contributed by atoms with Crippen LogP contribution in [0.1, 0.15) is 0 Å². The Morgan fingerprint density at radius 3 is 2.93 bits per heavy atom. The average molecular weight is 229 g/mol. The standard InChI is InChI=1S/C8H7NO3S2/c10-14(11,12)6-1-2-7-8(5-6)13-4-3-9-7/h1-3,5H,4H2,(H,10,11,12). The lowest BCUT2D eigenvalue weighted by atomic mass is 10.3. The third-order valence-corrected chi connectivity index (χ3v) is 3.58. The summed E-state index contributed by atoms with van der Waals surface area (Å²) in [5.41, 5.74) is 0.744. The van der Waals surface area contributed by atoms with E-state index in [0.29, 0.717) is 0 Å². The number of aliphatic imine (C=N–C) groups is 1. The van der Waals surface area contributed by atoms with Crippen LogP contribution in [0.5, 0.6) is 0 Å². The van der Waals surface area contributed by atoms with Gasteiger partial charge in [-0.2, -0.15) is 8.42 Å². The quantitative estimate of drug-likeness (QED) is 0.745. The van der Waals surface area contributed by atoms with Gasteiger partial charge in [-0.3, -0.25) is 9.55 Å². The molecule has 0 saturated carbocycles. The molecule has 0 fully saturated rings. The predicted molar refractivity (Wildman–Crippen MR) is 55.1 cm³/mol. The molecule has 6 heteroatoms. The average Bonchev–Trinajstić information content (AvgIpc) is 2.16. The number of fused-ring (bicyclic) bond motifs is 1.